The summed E-state index contributed by atoms with van der Waals surface area (Å²) in [6.45, 7) is 6.16. The molecule has 14 nitrogen and oxygen atoms in total. The Morgan fingerprint density at radius 2 is 1.72 bits per heavy atom. The molecule has 0 saturated heterocycles. The summed E-state index contributed by atoms with van der Waals surface area (Å²) in [6.07, 6.45) is -2.31. The van der Waals surface area contributed by atoms with Crippen LogP contribution in [-0.2, 0) is 35.2 Å². The van der Waals surface area contributed by atoms with E-state index in [1.165, 1.54) is 38.2 Å². The third-order valence-electron chi connectivity index (χ3n) is 6.55. The molecule has 2 heterocycles. The number of benzene rings is 2. The number of aryl methyl sites for hydroxylation is 1. The van der Waals surface area contributed by atoms with Crippen LogP contribution >= 0.6 is 0 Å². The van der Waals surface area contributed by atoms with Gasteiger partial charge in [0.05, 0.1) is 5.54 Å². The lowest BCUT2D eigenvalue weighted by Crippen LogP contribution is -2.46. The van der Waals surface area contributed by atoms with Crippen LogP contribution in [0.25, 0.3) is 0 Å². The predicted molar refractivity (Wildman–Crippen MR) is 159 cm³/mol. The molecule has 46 heavy (non-hydrogen) atoms. The second kappa shape index (κ2) is 14.5. The number of rotatable bonds is 12. The number of carbonyl (C=O) groups is 3. The molecule has 2 amide bonds. The summed E-state index contributed by atoms with van der Waals surface area (Å²) in [5, 5.41) is 12.7. The number of amides is 2. The lowest BCUT2D eigenvalue weighted by atomic mass is 10.0. The van der Waals surface area contributed by atoms with Crippen molar-refractivity contribution in [1.82, 2.24) is 30.4 Å². The van der Waals surface area contributed by atoms with Gasteiger partial charge >= 0.3 is 18.0 Å². The summed E-state index contributed by atoms with van der Waals surface area (Å²) in [7, 11) is 1.37. The summed E-state index contributed by atoms with van der Waals surface area (Å²) in [6, 6.07) is 14.4. The summed E-state index contributed by atoms with van der Waals surface area (Å²) < 4.78 is 35.9. The Hall–Kier alpha value is -5.60. The Labute approximate surface area is 262 Å². The molecule has 0 saturated carbocycles. The molecule has 0 spiro atoms. The van der Waals surface area contributed by atoms with Crippen molar-refractivity contribution in [2.75, 3.05) is 0 Å². The Balaban J connectivity index is 1.63. The first-order chi connectivity index (χ1) is 21.9. The third kappa shape index (κ3) is 8.31. The Morgan fingerprint density at radius 1 is 1.02 bits per heavy atom. The first kappa shape index (κ1) is 33.3. The van der Waals surface area contributed by atoms with E-state index >= 15 is 0 Å². The number of ether oxygens (including phenoxy) is 3. The minimum absolute atomic E-state index is 0.0300. The fourth-order valence-corrected chi connectivity index (χ4v) is 4.23. The van der Waals surface area contributed by atoms with Crippen LogP contribution in [0.1, 0.15) is 71.2 Å². The van der Waals surface area contributed by atoms with E-state index in [2.05, 4.69) is 25.8 Å². The van der Waals surface area contributed by atoms with E-state index in [1.807, 2.05) is 6.07 Å². The molecule has 4 rings (SSSR count). The van der Waals surface area contributed by atoms with E-state index in [4.69, 9.17) is 18.6 Å². The number of nitrogens with one attached hydrogen (secondary N) is 2. The Morgan fingerprint density at radius 3 is 2.35 bits per heavy atom. The van der Waals surface area contributed by atoms with Crippen LogP contribution in [0.2, 0.25) is 0 Å². The molecule has 2 aromatic carbocycles. The van der Waals surface area contributed by atoms with Gasteiger partial charge in [-0.3, -0.25) is 19.0 Å². The van der Waals surface area contributed by atoms with Gasteiger partial charge in [0.2, 0.25) is 17.9 Å². The summed E-state index contributed by atoms with van der Waals surface area (Å²) in [5.74, 6) is -2.69. The lowest BCUT2D eigenvalue weighted by Gasteiger charge is -2.28. The van der Waals surface area contributed by atoms with Crippen LogP contribution in [0.15, 0.2) is 63.8 Å². The maximum absolute atomic E-state index is 13.7. The van der Waals surface area contributed by atoms with Gasteiger partial charge in [-0.2, -0.15) is 0 Å². The zero-order chi connectivity index (χ0) is 33.4. The largest absolute Gasteiger partial charge is 0.511 e. The first-order valence-electron chi connectivity index (χ1n) is 14.2. The Kier molecular flexibility index (Phi) is 10.5. The number of hydrogen-bond acceptors (Lipinski definition) is 11. The van der Waals surface area contributed by atoms with E-state index in [9.17, 15) is 23.6 Å². The van der Waals surface area contributed by atoms with Gasteiger partial charge in [0.1, 0.15) is 18.2 Å². The standard InChI is InChI=1S/C31H33FN6O8/c1-6-22(46-30(42)43-17-20-10-8-7-9-11-20)45-24-23(25(39)33-16-19-12-14-21(32)15-13-19)34-29(38(5)28(24)41)31(3,4)35-26(40)27-37-36-18(2)44-27/h7-15,22H,6,16-17H2,1-5H3,(H,33,39)(H,35,40). The van der Waals surface area contributed by atoms with Crippen molar-refractivity contribution >= 4 is 18.0 Å². The third-order valence-corrected chi connectivity index (χ3v) is 6.55. The number of nitrogens with zero attached hydrogens (tertiary/aromatic N) is 4. The number of carbonyl (C=O) groups excluding carboxylic acids is 3. The molecule has 2 aromatic heterocycles. The summed E-state index contributed by atoms with van der Waals surface area (Å²) >= 11 is 0. The smallest absolute Gasteiger partial charge is 0.446 e. The Bertz CT molecular complexity index is 1760. The lowest BCUT2D eigenvalue weighted by molar-refractivity contribution is -0.0687. The van der Waals surface area contributed by atoms with Gasteiger partial charge in [-0.1, -0.05) is 49.4 Å². The molecule has 0 aliphatic rings. The normalized spacial score (nSPS) is 11.8. The molecule has 0 bridgehead atoms. The van der Waals surface area contributed by atoms with Crippen LogP contribution in [0, 0.1) is 12.7 Å². The SMILES string of the molecule is CCC(OC(=O)OCc1ccccc1)Oc1c(C(=O)NCc2ccc(F)cc2)nc(C(C)(C)NC(=O)c2nnc(C)o2)n(C)c1=O. The van der Waals surface area contributed by atoms with Gasteiger partial charge in [-0.05, 0) is 37.1 Å². The van der Waals surface area contributed by atoms with Gasteiger partial charge in [0.25, 0.3) is 11.5 Å². The highest BCUT2D eigenvalue weighted by Crippen LogP contribution is 2.23. The molecule has 0 radical (unpaired) electrons. The van der Waals surface area contributed by atoms with Crippen molar-refractivity contribution in [2.45, 2.75) is 59.1 Å². The number of hydrogen-bond donors (Lipinski definition) is 2. The monoisotopic (exact) mass is 636 g/mol. The van der Waals surface area contributed by atoms with Crippen LogP contribution in [0.3, 0.4) is 0 Å². The van der Waals surface area contributed by atoms with E-state index < -0.39 is 52.6 Å². The molecule has 0 fully saturated rings. The minimum Gasteiger partial charge on any atom is -0.446 e. The molecular weight excluding hydrogens is 603 g/mol. The summed E-state index contributed by atoms with van der Waals surface area (Å²) in [5.41, 5.74) is -1.32. The fourth-order valence-electron chi connectivity index (χ4n) is 4.23. The molecule has 4 aromatic rings. The molecule has 0 aliphatic carbocycles. The zero-order valence-corrected chi connectivity index (χ0v) is 25.8. The van der Waals surface area contributed by atoms with Crippen molar-refractivity contribution in [3.63, 3.8) is 0 Å². The highest BCUT2D eigenvalue weighted by atomic mass is 19.1. The second-order valence-corrected chi connectivity index (χ2v) is 10.6. The molecule has 0 aliphatic heterocycles. The van der Waals surface area contributed by atoms with Gasteiger partial charge < -0.3 is 29.3 Å². The van der Waals surface area contributed by atoms with Crippen LogP contribution in [0.5, 0.6) is 5.75 Å². The number of aromatic nitrogens is 4. The fraction of sp³-hybridized carbons (Fsp3) is 0.323. The first-order valence-corrected chi connectivity index (χ1v) is 14.2. The second-order valence-electron chi connectivity index (χ2n) is 10.6. The predicted octanol–water partition coefficient (Wildman–Crippen LogP) is 3.67. The van der Waals surface area contributed by atoms with Crippen molar-refractivity contribution in [3.8, 4) is 5.75 Å². The maximum atomic E-state index is 13.7. The average Bonchev–Trinajstić information content (AvgIpc) is 3.48. The molecule has 15 heteroatoms. The van der Waals surface area contributed by atoms with E-state index in [1.54, 1.807) is 45.0 Å². The van der Waals surface area contributed by atoms with E-state index in [0.29, 0.717) is 5.56 Å². The molecular formula is C31H33FN6O8. The molecule has 2 N–H and O–H groups in total. The van der Waals surface area contributed by atoms with E-state index in [0.717, 1.165) is 10.1 Å². The van der Waals surface area contributed by atoms with Gasteiger partial charge in [-0.15, -0.1) is 10.2 Å². The summed E-state index contributed by atoms with van der Waals surface area (Å²) in [4.78, 5) is 57.0. The van der Waals surface area contributed by atoms with Gasteiger partial charge in [0, 0.05) is 26.9 Å². The van der Waals surface area contributed by atoms with Crippen molar-refractivity contribution < 1.29 is 37.4 Å². The van der Waals surface area contributed by atoms with Gasteiger partial charge in [0.15, 0.2) is 5.69 Å². The molecule has 1 atom stereocenters. The van der Waals surface area contributed by atoms with Crippen molar-refractivity contribution in [3.05, 3.63) is 105 Å². The molecule has 1 unspecified atom stereocenters. The van der Waals surface area contributed by atoms with Crippen LogP contribution in [-0.4, -0.2) is 44.0 Å². The highest BCUT2D eigenvalue weighted by Gasteiger charge is 2.34. The highest BCUT2D eigenvalue weighted by molar-refractivity contribution is 5.95. The number of halogens is 1. The van der Waals surface area contributed by atoms with Crippen molar-refractivity contribution in [1.29, 1.82) is 0 Å². The molecule has 242 valence electrons. The van der Waals surface area contributed by atoms with Crippen LogP contribution < -0.4 is 20.9 Å². The van der Waals surface area contributed by atoms with Gasteiger partial charge in [-0.25, -0.2) is 14.2 Å². The quantitative estimate of drug-likeness (QED) is 0.171. The van der Waals surface area contributed by atoms with E-state index in [-0.39, 0.29) is 37.2 Å². The van der Waals surface area contributed by atoms with Crippen molar-refractivity contribution in [2.24, 2.45) is 7.05 Å². The maximum Gasteiger partial charge on any atom is 0.511 e. The average molecular weight is 637 g/mol. The van der Waals surface area contributed by atoms with Crippen LogP contribution in [0.4, 0.5) is 9.18 Å². The minimum atomic E-state index is -1.36. The topological polar surface area (TPSA) is 177 Å². The zero-order valence-electron chi connectivity index (χ0n) is 25.8.